The molecule has 0 aliphatic carbocycles. The number of nitrogens with zero attached hydrogens (tertiary/aromatic N) is 1. The van der Waals surface area contributed by atoms with Crippen LogP contribution in [-0.2, 0) is 0 Å². The number of rotatable bonds is 0. The van der Waals surface area contributed by atoms with E-state index < -0.39 is 5.09 Å². The van der Waals surface area contributed by atoms with E-state index in [1.54, 1.807) is 13.8 Å². The van der Waals surface area contributed by atoms with Crippen molar-refractivity contribution >= 4 is 5.71 Å². The molecule has 0 atom stereocenters. The van der Waals surface area contributed by atoms with Gasteiger partial charge in [0.05, 0.1) is 0 Å². The molecule has 48 valence electrons. The van der Waals surface area contributed by atoms with Crippen LogP contribution in [0.4, 0.5) is 0 Å². The molecule has 0 amide bonds. The van der Waals surface area contributed by atoms with Crippen LogP contribution in [0.25, 0.3) is 0 Å². The first-order valence-electron chi connectivity index (χ1n) is 1.82. The minimum absolute atomic E-state index is 0.667. The Hall–Kier alpha value is -1.13. The van der Waals surface area contributed by atoms with Gasteiger partial charge in [0, 0.05) is 5.71 Å². The molecule has 5 nitrogen and oxygen atoms in total. The molecule has 0 rings (SSSR count). The highest BCUT2D eigenvalue weighted by Crippen LogP contribution is 1.52. The molecule has 0 unspecified atom stereocenters. The summed E-state index contributed by atoms with van der Waals surface area (Å²) in [6, 6.07) is 0. The second-order valence-electron chi connectivity index (χ2n) is 1.24. The molecule has 0 fully saturated rings. The van der Waals surface area contributed by atoms with Crippen molar-refractivity contribution in [1.29, 1.82) is 5.41 Å². The monoisotopic (exact) mass is 120 g/mol. The van der Waals surface area contributed by atoms with Gasteiger partial charge in [0.15, 0.2) is 0 Å². The van der Waals surface area contributed by atoms with Crippen molar-refractivity contribution in [2.45, 2.75) is 13.8 Å². The van der Waals surface area contributed by atoms with Gasteiger partial charge in [-0.15, -0.1) is 10.1 Å². The third kappa shape index (κ3) is 57.1. The molecule has 0 aliphatic rings. The molecule has 0 heterocycles. The Bertz CT molecular complexity index is 70.5. The Balaban J connectivity index is 0. The fraction of sp³-hybridized carbons (Fsp3) is 0.667. The fourth-order valence-electron chi connectivity index (χ4n) is 0. The summed E-state index contributed by atoms with van der Waals surface area (Å²) in [4.78, 5) is 8.36. The summed E-state index contributed by atoms with van der Waals surface area (Å²) < 4.78 is 0. The second-order valence-corrected chi connectivity index (χ2v) is 1.24. The largest absolute Gasteiger partial charge is 0.328 e. The van der Waals surface area contributed by atoms with Crippen molar-refractivity contribution in [2.24, 2.45) is 0 Å². The molecule has 2 N–H and O–H groups in total. The molecular weight excluding hydrogens is 112 g/mol. The molecular formula is C3H8N2O3. The Morgan fingerprint density at radius 3 is 1.75 bits per heavy atom. The summed E-state index contributed by atoms with van der Waals surface area (Å²) in [7, 11) is 0. The van der Waals surface area contributed by atoms with E-state index in [4.69, 9.17) is 20.7 Å². The average molecular weight is 120 g/mol. The molecule has 8 heavy (non-hydrogen) atoms. The second kappa shape index (κ2) is 5.87. The van der Waals surface area contributed by atoms with Gasteiger partial charge in [-0.05, 0) is 13.8 Å². The van der Waals surface area contributed by atoms with E-state index in [2.05, 4.69) is 0 Å². The lowest BCUT2D eigenvalue weighted by atomic mass is 10.5. The van der Waals surface area contributed by atoms with Crippen molar-refractivity contribution in [3.63, 3.8) is 0 Å². The van der Waals surface area contributed by atoms with Crippen molar-refractivity contribution in [2.75, 3.05) is 0 Å². The lowest BCUT2D eigenvalue weighted by Crippen LogP contribution is -1.81. The highest BCUT2D eigenvalue weighted by atomic mass is 16.9. The first kappa shape index (κ1) is 9.98. The van der Waals surface area contributed by atoms with E-state index in [1.807, 2.05) is 0 Å². The molecule has 0 saturated heterocycles. The fourth-order valence-corrected chi connectivity index (χ4v) is 0. The minimum atomic E-state index is -1.50. The van der Waals surface area contributed by atoms with E-state index in [-0.39, 0.29) is 0 Å². The number of nitrogens with one attached hydrogen (secondary N) is 1. The summed E-state index contributed by atoms with van der Waals surface area (Å²) in [6.45, 7) is 3.50. The van der Waals surface area contributed by atoms with E-state index in [9.17, 15) is 0 Å². The van der Waals surface area contributed by atoms with Gasteiger partial charge in [-0.2, -0.15) is 0 Å². The minimum Gasteiger partial charge on any atom is -0.328 e. The molecule has 0 aromatic heterocycles. The van der Waals surface area contributed by atoms with Crippen LogP contribution in [0, 0.1) is 15.5 Å². The Labute approximate surface area is 46.6 Å². The van der Waals surface area contributed by atoms with Crippen molar-refractivity contribution in [1.82, 2.24) is 0 Å². The van der Waals surface area contributed by atoms with Crippen LogP contribution < -0.4 is 0 Å². The van der Waals surface area contributed by atoms with E-state index in [0.717, 1.165) is 0 Å². The Kier molecular flexibility index (Phi) is 7.32. The van der Waals surface area contributed by atoms with E-state index in [0.29, 0.717) is 5.71 Å². The topological polar surface area (TPSA) is 87.2 Å². The van der Waals surface area contributed by atoms with Gasteiger partial charge in [-0.25, -0.2) is 0 Å². The van der Waals surface area contributed by atoms with Crippen LogP contribution in [-0.4, -0.2) is 16.0 Å². The summed E-state index contributed by atoms with van der Waals surface area (Å²) in [6.07, 6.45) is 0. The quantitative estimate of drug-likeness (QED) is 0.280. The number of hydrogen-bond acceptors (Lipinski definition) is 3. The van der Waals surface area contributed by atoms with Crippen molar-refractivity contribution < 1.29 is 10.3 Å². The average Bonchev–Trinajstić information content (AvgIpc) is 1.25. The van der Waals surface area contributed by atoms with Crippen LogP contribution in [0.5, 0.6) is 0 Å². The predicted octanol–water partition coefficient (Wildman–Crippen LogP) is 0.698. The third-order valence-electron chi connectivity index (χ3n) is 0. The van der Waals surface area contributed by atoms with E-state index in [1.165, 1.54) is 0 Å². The molecule has 5 heteroatoms. The lowest BCUT2D eigenvalue weighted by molar-refractivity contribution is -0.742. The maximum atomic E-state index is 8.36. The smallest absolute Gasteiger partial charge is 0.291 e. The van der Waals surface area contributed by atoms with Gasteiger partial charge >= 0.3 is 0 Å². The molecule has 0 aromatic carbocycles. The highest BCUT2D eigenvalue weighted by molar-refractivity contribution is 5.75. The molecule has 0 spiro atoms. The number of hydrogen-bond donors (Lipinski definition) is 2. The van der Waals surface area contributed by atoms with Crippen molar-refractivity contribution in [3.8, 4) is 0 Å². The highest BCUT2D eigenvalue weighted by Gasteiger charge is 1.65. The zero-order valence-electron chi connectivity index (χ0n) is 4.71. The summed E-state index contributed by atoms with van der Waals surface area (Å²) >= 11 is 0. The molecule has 0 aliphatic heterocycles. The zero-order valence-corrected chi connectivity index (χ0v) is 4.71. The van der Waals surface area contributed by atoms with Gasteiger partial charge in [-0.3, -0.25) is 0 Å². The molecule has 0 bridgehead atoms. The standard InChI is InChI=1S/C3H7N.HNO3/c1-3(2)4;2-1(3)4/h4H,1-2H3;(H,2,3,4). The van der Waals surface area contributed by atoms with Gasteiger partial charge in [0.2, 0.25) is 0 Å². The van der Waals surface area contributed by atoms with Gasteiger partial charge in [-0.1, -0.05) is 0 Å². The van der Waals surface area contributed by atoms with Crippen LogP contribution in [0.2, 0.25) is 0 Å². The molecule has 0 radical (unpaired) electrons. The van der Waals surface area contributed by atoms with Crippen LogP contribution in [0.1, 0.15) is 13.8 Å². The molecule has 0 aromatic rings. The SMILES string of the molecule is CC(C)=N.O=[N+]([O-])O. The lowest BCUT2D eigenvalue weighted by Gasteiger charge is -1.63. The normalized spacial score (nSPS) is 6.25. The van der Waals surface area contributed by atoms with Crippen LogP contribution >= 0.6 is 0 Å². The predicted molar refractivity (Wildman–Crippen MR) is 27.9 cm³/mol. The Morgan fingerprint density at radius 2 is 1.75 bits per heavy atom. The summed E-state index contributed by atoms with van der Waals surface area (Å²) in [5.74, 6) is 0. The van der Waals surface area contributed by atoms with Crippen molar-refractivity contribution in [3.05, 3.63) is 10.1 Å². The third-order valence-corrected chi connectivity index (χ3v) is 0. The zero-order chi connectivity index (χ0) is 7.15. The summed E-state index contributed by atoms with van der Waals surface area (Å²) in [5, 5.41) is 20.1. The molecule has 0 saturated carbocycles. The van der Waals surface area contributed by atoms with E-state index >= 15 is 0 Å². The van der Waals surface area contributed by atoms with Crippen LogP contribution in [0.15, 0.2) is 0 Å². The maximum absolute atomic E-state index is 8.36. The Morgan fingerprint density at radius 1 is 1.75 bits per heavy atom. The van der Waals surface area contributed by atoms with Gasteiger partial charge in [0.1, 0.15) is 0 Å². The van der Waals surface area contributed by atoms with Gasteiger partial charge in [0.25, 0.3) is 5.09 Å². The van der Waals surface area contributed by atoms with Gasteiger partial charge < -0.3 is 10.6 Å². The maximum Gasteiger partial charge on any atom is 0.291 e. The first-order chi connectivity index (χ1) is 3.46. The first-order valence-corrected chi connectivity index (χ1v) is 1.82. The summed E-state index contributed by atoms with van der Waals surface area (Å²) in [5.41, 5.74) is 0.667. The van der Waals surface area contributed by atoms with Crippen LogP contribution in [0.3, 0.4) is 0 Å².